The number of benzene rings is 4. The molecule has 1 aromatic heterocycles. The third kappa shape index (κ3) is 4.95. The number of sulfonamides is 1. The maximum absolute atomic E-state index is 13.6. The van der Waals surface area contributed by atoms with Crippen LogP contribution in [0.25, 0.3) is 11.3 Å². The Kier molecular flexibility index (Phi) is 6.45. The largest absolute Gasteiger partial charge is 0.508 e. The number of phenols is 2. The first-order valence-corrected chi connectivity index (χ1v) is 13.5. The zero-order chi connectivity index (χ0) is 25.1. The molecule has 3 N–H and O–H groups in total. The van der Waals surface area contributed by atoms with Crippen LogP contribution in [0.4, 0.5) is 5.13 Å². The van der Waals surface area contributed by atoms with E-state index in [0.29, 0.717) is 11.3 Å². The minimum absolute atomic E-state index is 0.115. The van der Waals surface area contributed by atoms with E-state index in [1.165, 1.54) is 11.3 Å². The van der Waals surface area contributed by atoms with Crippen molar-refractivity contribution in [3.05, 3.63) is 125 Å². The molecule has 0 unspecified atom stereocenters. The molecule has 6 nitrogen and oxygen atoms in total. The number of thiazole rings is 1. The third-order valence-electron chi connectivity index (χ3n) is 5.77. The van der Waals surface area contributed by atoms with Gasteiger partial charge in [0.2, 0.25) is 0 Å². The maximum Gasteiger partial charge on any atom is 0.263 e. The molecule has 4 aromatic carbocycles. The van der Waals surface area contributed by atoms with Crippen LogP contribution in [0.5, 0.6) is 11.5 Å². The van der Waals surface area contributed by atoms with E-state index in [9.17, 15) is 18.6 Å². The highest BCUT2D eigenvalue weighted by atomic mass is 32.2. The molecule has 0 bridgehead atoms. The topological polar surface area (TPSA) is 99.5 Å². The highest BCUT2D eigenvalue weighted by Gasteiger charge is 2.27. The molecule has 0 amide bonds. The molecule has 0 aliphatic carbocycles. The van der Waals surface area contributed by atoms with Crippen molar-refractivity contribution in [2.45, 2.75) is 10.8 Å². The van der Waals surface area contributed by atoms with Crippen molar-refractivity contribution in [1.29, 1.82) is 0 Å². The molecule has 0 fully saturated rings. The summed E-state index contributed by atoms with van der Waals surface area (Å²) >= 11 is 1.22. The molecule has 0 aliphatic rings. The lowest BCUT2D eigenvalue weighted by molar-refractivity contribution is 0.475. The van der Waals surface area contributed by atoms with Crippen molar-refractivity contribution >= 4 is 26.5 Å². The van der Waals surface area contributed by atoms with E-state index in [0.717, 1.165) is 16.7 Å². The smallest absolute Gasteiger partial charge is 0.263 e. The van der Waals surface area contributed by atoms with Crippen molar-refractivity contribution in [3.63, 3.8) is 0 Å². The van der Waals surface area contributed by atoms with Gasteiger partial charge in [-0.1, -0.05) is 72.8 Å². The number of aromatic nitrogens is 1. The molecule has 1 heterocycles. The molecule has 36 heavy (non-hydrogen) atoms. The van der Waals surface area contributed by atoms with Gasteiger partial charge in [0.1, 0.15) is 11.5 Å². The van der Waals surface area contributed by atoms with Crippen molar-refractivity contribution in [1.82, 2.24) is 4.98 Å². The average Bonchev–Trinajstić information content (AvgIpc) is 3.35. The molecule has 0 aliphatic heterocycles. The summed E-state index contributed by atoms with van der Waals surface area (Å²) in [6, 6.07) is 29.7. The zero-order valence-electron chi connectivity index (χ0n) is 18.9. The number of aromatic hydroxyl groups is 2. The lowest BCUT2D eigenvalue weighted by Gasteiger charge is -2.22. The van der Waals surface area contributed by atoms with Gasteiger partial charge >= 0.3 is 0 Å². The second-order valence-electron chi connectivity index (χ2n) is 8.16. The predicted molar refractivity (Wildman–Crippen MR) is 142 cm³/mol. The number of nitrogens with one attached hydrogen (secondary N) is 1. The molecule has 0 radical (unpaired) electrons. The van der Waals surface area contributed by atoms with E-state index in [1.54, 1.807) is 72.8 Å². The minimum atomic E-state index is -3.99. The second kappa shape index (κ2) is 9.85. The number of nitrogens with zero attached hydrogens (tertiary/aromatic N) is 1. The minimum Gasteiger partial charge on any atom is -0.508 e. The van der Waals surface area contributed by atoms with Gasteiger partial charge in [0.25, 0.3) is 10.0 Å². The summed E-state index contributed by atoms with van der Waals surface area (Å²) in [5, 5.41) is 21.7. The second-order valence-corrected chi connectivity index (χ2v) is 10.7. The highest BCUT2D eigenvalue weighted by Crippen LogP contribution is 2.37. The van der Waals surface area contributed by atoms with E-state index in [1.807, 2.05) is 35.7 Å². The van der Waals surface area contributed by atoms with E-state index in [4.69, 9.17) is 0 Å². The summed E-state index contributed by atoms with van der Waals surface area (Å²) in [7, 11) is -3.99. The monoisotopic (exact) mass is 514 g/mol. The van der Waals surface area contributed by atoms with Gasteiger partial charge < -0.3 is 10.2 Å². The highest BCUT2D eigenvalue weighted by molar-refractivity contribution is 7.93. The maximum atomic E-state index is 13.6. The first-order chi connectivity index (χ1) is 17.4. The van der Waals surface area contributed by atoms with Crippen LogP contribution in [0.1, 0.15) is 22.6 Å². The van der Waals surface area contributed by atoms with Gasteiger partial charge in [0, 0.05) is 16.9 Å². The van der Waals surface area contributed by atoms with E-state index in [-0.39, 0.29) is 21.5 Å². The summed E-state index contributed by atoms with van der Waals surface area (Å²) in [6.45, 7) is 0. The molecule has 0 spiro atoms. The Bertz CT molecular complexity index is 1540. The SMILES string of the molecule is O=S(=O)(Nc1nc(-c2ccccc2)cs1)c1ccccc1C(c1ccc(O)cc1)c1ccc(O)cc1. The Morgan fingerprint density at radius 2 is 1.28 bits per heavy atom. The van der Waals surface area contributed by atoms with Gasteiger partial charge in [0.15, 0.2) is 5.13 Å². The fourth-order valence-electron chi connectivity index (χ4n) is 4.08. The fraction of sp³-hybridized carbons (Fsp3) is 0.0357. The van der Waals surface area contributed by atoms with Gasteiger partial charge in [-0.05, 0) is 47.0 Å². The Labute approximate surface area is 213 Å². The van der Waals surface area contributed by atoms with Crippen LogP contribution < -0.4 is 4.72 Å². The standard InChI is InChI=1S/C28H22N2O4S2/c31-22-14-10-20(11-15-22)27(21-12-16-23(32)17-13-21)24-8-4-5-9-26(24)36(33,34)30-28-29-25(18-35-28)19-6-2-1-3-7-19/h1-18,27,31-32H,(H,29,30). The van der Waals surface area contributed by atoms with Crippen LogP contribution in [0, 0.1) is 0 Å². The lowest BCUT2D eigenvalue weighted by Crippen LogP contribution is -2.17. The van der Waals surface area contributed by atoms with E-state index < -0.39 is 15.9 Å². The van der Waals surface area contributed by atoms with Gasteiger partial charge in [-0.3, -0.25) is 4.72 Å². The van der Waals surface area contributed by atoms with Gasteiger partial charge in [-0.25, -0.2) is 13.4 Å². The quantitative estimate of drug-likeness (QED) is 0.225. The predicted octanol–water partition coefficient (Wildman–Crippen LogP) is 6.20. The van der Waals surface area contributed by atoms with Crippen LogP contribution in [-0.2, 0) is 10.0 Å². The number of rotatable bonds is 7. The summed E-state index contributed by atoms with van der Waals surface area (Å²) in [5.41, 5.74) is 3.74. The van der Waals surface area contributed by atoms with Gasteiger partial charge in [-0.2, -0.15) is 0 Å². The van der Waals surface area contributed by atoms with Gasteiger partial charge in [-0.15, -0.1) is 11.3 Å². The summed E-state index contributed by atoms with van der Waals surface area (Å²) in [5.74, 6) is -0.234. The number of phenolic OH excluding ortho intramolecular Hbond substituents is 2. The molecule has 0 saturated carbocycles. The first-order valence-electron chi connectivity index (χ1n) is 11.1. The first kappa shape index (κ1) is 23.6. The Morgan fingerprint density at radius 1 is 0.722 bits per heavy atom. The molecule has 5 rings (SSSR count). The molecule has 180 valence electrons. The van der Waals surface area contributed by atoms with E-state index >= 15 is 0 Å². The molecule has 0 atom stereocenters. The van der Waals surface area contributed by atoms with Crippen molar-refractivity contribution < 1.29 is 18.6 Å². The summed E-state index contributed by atoms with van der Waals surface area (Å²) in [4.78, 5) is 4.59. The van der Waals surface area contributed by atoms with Crippen molar-refractivity contribution in [2.24, 2.45) is 0 Å². The molecule has 5 aromatic rings. The molecular weight excluding hydrogens is 492 g/mol. The van der Waals surface area contributed by atoms with E-state index in [2.05, 4.69) is 9.71 Å². The Hall–Kier alpha value is -4.14. The van der Waals surface area contributed by atoms with Crippen LogP contribution in [0.15, 0.2) is 113 Å². The van der Waals surface area contributed by atoms with Crippen molar-refractivity contribution in [2.75, 3.05) is 4.72 Å². The number of hydrogen-bond acceptors (Lipinski definition) is 6. The van der Waals surface area contributed by atoms with Crippen LogP contribution in [0.3, 0.4) is 0 Å². The third-order valence-corrected chi connectivity index (χ3v) is 8.07. The Balaban J connectivity index is 1.56. The zero-order valence-corrected chi connectivity index (χ0v) is 20.6. The van der Waals surface area contributed by atoms with Gasteiger partial charge in [0.05, 0.1) is 10.6 Å². The number of anilines is 1. The van der Waals surface area contributed by atoms with Crippen LogP contribution in [0.2, 0.25) is 0 Å². The Morgan fingerprint density at radius 3 is 1.89 bits per heavy atom. The van der Waals surface area contributed by atoms with Crippen LogP contribution in [-0.4, -0.2) is 23.6 Å². The average molecular weight is 515 g/mol. The summed E-state index contributed by atoms with van der Waals surface area (Å²) < 4.78 is 29.9. The lowest BCUT2D eigenvalue weighted by atomic mass is 9.85. The number of hydrogen-bond donors (Lipinski definition) is 3. The summed E-state index contributed by atoms with van der Waals surface area (Å²) in [6.07, 6.45) is 0. The fourth-order valence-corrected chi connectivity index (χ4v) is 6.30. The molecule has 0 saturated heterocycles. The van der Waals surface area contributed by atoms with Crippen LogP contribution >= 0.6 is 11.3 Å². The molecular formula is C28H22N2O4S2. The molecule has 8 heteroatoms. The van der Waals surface area contributed by atoms with Crippen molar-refractivity contribution in [3.8, 4) is 22.8 Å². The normalized spacial score (nSPS) is 11.5.